The first-order valence-electron chi connectivity index (χ1n) is 23.4. The van der Waals surface area contributed by atoms with E-state index in [0.717, 1.165) is 44.0 Å². The predicted molar refractivity (Wildman–Crippen MR) is 278 cm³/mol. The summed E-state index contributed by atoms with van der Waals surface area (Å²) in [6, 6.07) is 11.5. The molecule has 5 N–H and O–H groups in total. The minimum Gasteiger partial charge on any atom is -0.494 e. The number of piperazine rings is 1. The third-order valence-electron chi connectivity index (χ3n) is 12.4. The zero-order chi connectivity index (χ0) is 55.0. The highest BCUT2D eigenvalue weighted by Gasteiger charge is 2.31. The number of anilines is 2. The third kappa shape index (κ3) is 12.0. The molecule has 5 heterocycles. The van der Waals surface area contributed by atoms with Crippen LogP contribution < -0.4 is 30.0 Å². The number of nitrogen functional groups attached to an aromatic ring is 1. The Morgan fingerprint density at radius 2 is 1.21 bits per heavy atom. The number of aromatic carboxylic acids is 1. The van der Waals surface area contributed by atoms with Crippen molar-refractivity contribution in [1.82, 2.24) is 49.6 Å². The molecule has 0 saturated carbocycles. The van der Waals surface area contributed by atoms with Gasteiger partial charge in [0.15, 0.2) is 46.3 Å². The molecule has 1 saturated heterocycles. The van der Waals surface area contributed by atoms with Crippen molar-refractivity contribution < 1.29 is 51.2 Å². The highest BCUT2D eigenvalue weighted by Crippen LogP contribution is 2.42. The van der Waals surface area contributed by atoms with Crippen LogP contribution in [-0.4, -0.2) is 141 Å². The number of H-pyrrole nitrogens is 1. The van der Waals surface area contributed by atoms with Crippen LogP contribution >= 0.6 is 0 Å². The van der Waals surface area contributed by atoms with Gasteiger partial charge in [-0.3, -0.25) is 39.8 Å². The second-order valence-electron chi connectivity index (χ2n) is 18.2. The molecule has 1 aliphatic heterocycles. The van der Waals surface area contributed by atoms with Crippen molar-refractivity contribution in [2.24, 2.45) is 0 Å². The second kappa shape index (κ2) is 23.8. The number of imidazole rings is 1. The molecular weight excluding hydrogens is 993 g/mol. The number of aromatic amines is 1. The van der Waals surface area contributed by atoms with Crippen LogP contribution in [0.5, 0.6) is 23.0 Å². The number of carboxylic acids is 1. The van der Waals surface area contributed by atoms with Crippen LogP contribution in [0.25, 0.3) is 44.3 Å². The number of fused-ring (bicyclic) bond motifs is 2. The Kier molecular flexibility index (Phi) is 17.3. The Morgan fingerprint density at radius 1 is 0.724 bits per heavy atom. The number of hydrogen-bond donors (Lipinski definition) is 4. The van der Waals surface area contributed by atoms with Crippen molar-refractivity contribution in [3.05, 3.63) is 131 Å². The molecule has 0 atom stereocenters. The zero-order valence-corrected chi connectivity index (χ0v) is 43.1. The van der Waals surface area contributed by atoms with Gasteiger partial charge >= 0.3 is 5.97 Å². The second-order valence-corrected chi connectivity index (χ2v) is 18.2. The molecule has 0 bridgehead atoms. The Balaban J connectivity index is 0.000000176. The average Bonchev–Trinajstić information content (AvgIpc) is 3.84. The van der Waals surface area contributed by atoms with Crippen LogP contribution in [-0.2, 0) is 13.1 Å². The normalized spacial score (nSPS) is 13.3. The third-order valence-corrected chi connectivity index (χ3v) is 12.4. The summed E-state index contributed by atoms with van der Waals surface area (Å²) < 4.78 is 79.7. The highest BCUT2D eigenvalue weighted by molar-refractivity contribution is 6.13. The van der Waals surface area contributed by atoms with Gasteiger partial charge in [0.25, 0.3) is 5.91 Å². The number of carbonyl (C=O) groups is 2. The van der Waals surface area contributed by atoms with Gasteiger partial charge in [-0.2, -0.15) is 0 Å². The van der Waals surface area contributed by atoms with Gasteiger partial charge in [-0.25, -0.2) is 32.3 Å². The number of rotatable bonds is 13. The minimum absolute atomic E-state index is 0.0214. The summed E-state index contributed by atoms with van der Waals surface area (Å²) >= 11 is 0. The number of ether oxygens (including phenoxy) is 4. The summed E-state index contributed by atoms with van der Waals surface area (Å²) in [4.78, 5) is 59.1. The lowest BCUT2D eigenvalue weighted by molar-refractivity contribution is 0.0359. The molecule has 19 nitrogen and oxygen atoms in total. The number of pyridine rings is 1. The zero-order valence-electron chi connectivity index (χ0n) is 43.1. The van der Waals surface area contributed by atoms with Crippen LogP contribution in [0.3, 0.4) is 0 Å². The molecule has 1 fully saturated rings. The Labute approximate surface area is 434 Å². The van der Waals surface area contributed by atoms with Crippen molar-refractivity contribution in [1.29, 1.82) is 0 Å². The minimum atomic E-state index is -1.22. The molecular formula is C53H56F4N12O7. The number of likely N-dealkylation sites (N-methyl/N-ethyl adjacent to an activating group) is 1. The van der Waals surface area contributed by atoms with Gasteiger partial charge in [-0.15, -0.1) is 0 Å². The molecule has 1 amide bonds. The van der Waals surface area contributed by atoms with Crippen LogP contribution in [0.1, 0.15) is 45.8 Å². The van der Waals surface area contributed by atoms with Gasteiger partial charge in [0, 0.05) is 98.7 Å². The van der Waals surface area contributed by atoms with Gasteiger partial charge in [0.2, 0.25) is 5.95 Å². The van der Waals surface area contributed by atoms with Gasteiger partial charge in [-0.05, 0) is 58.8 Å². The Morgan fingerprint density at radius 3 is 1.66 bits per heavy atom. The molecule has 0 aliphatic carbocycles. The average molecular weight is 1050 g/mol. The van der Waals surface area contributed by atoms with Crippen molar-refractivity contribution in [3.63, 3.8) is 0 Å². The molecule has 398 valence electrons. The molecule has 1 aliphatic rings. The lowest BCUT2D eigenvalue weighted by Gasteiger charge is -2.45. The van der Waals surface area contributed by atoms with Crippen molar-refractivity contribution in [3.8, 4) is 45.3 Å². The summed E-state index contributed by atoms with van der Waals surface area (Å²) in [5.74, 6) is -5.44. The standard InChI is InChI=1S/C23H22F2N6O3.C17H12F2N2O4.C13H22N4/c1-31(2)11-12-10-28-23(29-12)30-22(32)14-6-5-13(20-21(14)27-8-7-26-20)17-18(24)15(33-3)9-16(34-4)19(17)25;1-24-10-7-11(25-2)14(19)12(13(10)18)8-3-4-9(17(22)23)16-15(8)20-5-6-21-16;1-13(2)10-17(7-6-16(13)3)9-11-4-5-12(14)15-8-11/h5-10H,11H2,1-4H3,(H2,28,29,30,32);3-7H,1-2H3,(H,22,23);4-5,8H,6-7,9-10H2,1-3H3,(H2,14,15). The van der Waals surface area contributed by atoms with Crippen LogP contribution in [0, 0.1) is 23.3 Å². The SMILES string of the molecule is CN1CCN(Cc2ccc(N)nc2)CC1(C)C.COc1cc(OC)c(F)c(-c2ccc(C(=O)Nc3nc(CN(C)C)c[nH]3)c3nccnc23)c1F.COc1cc(OC)c(F)c(-c2ccc(C(=O)O)c3nccnc23)c1F. The molecule has 4 aromatic carbocycles. The summed E-state index contributed by atoms with van der Waals surface area (Å²) in [6.45, 7) is 9.47. The predicted octanol–water partition coefficient (Wildman–Crippen LogP) is 8.11. The summed E-state index contributed by atoms with van der Waals surface area (Å²) in [6.07, 6.45) is 8.95. The quantitative estimate of drug-likeness (QED) is 0.0799. The molecule has 23 heteroatoms. The lowest BCUT2D eigenvalue weighted by atomic mass is 9.99. The molecule has 0 radical (unpaired) electrons. The van der Waals surface area contributed by atoms with E-state index in [-0.39, 0.29) is 78.8 Å². The lowest BCUT2D eigenvalue weighted by Crippen LogP contribution is -2.57. The van der Waals surface area contributed by atoms with E-state index in [1.165, 1.54) is 83.1 Å². The summed E-state index contributed by atoms with van der Waals surface area (Å²) in [5.41, 5.74) is 7.54. The van der Waals surface area contributed by atoms with Gasteiger partial charge in [0.1, 0.15) is 16.9 Å². The monoisotopic (exact) mass is 1050 g/mol. The number of hydrogen-bond acceptors (Lipinski definition) is 16. The van der Waals surface area contributed by atoms with E-state index in [9.17, 15) is 23.5 Å². The van der Waals surface area contributed by atoms with Gasteiger partial charge in [-0.1, -0.05) is 18.2 Å². The van der Waals surface area contributed by atoms with Crippen LogP contribution in [0.2, 0.25) is 0 Å². The number of nitrogens with zero attached hydrogens (tertiary/aromatic N) is 9. The van der Waals surface area contributed by atoms with Crippen molar-refractivity contribution in [2.45, 2.75) is 32.5 Å². The number of benzene rings is 4. The van der Waals surface area contributed by atoms with Crippen LogP contribution in [0.15, 0.2) is 85.7 Å². The van der Waals surface area contributed by atoms with E-state index in [2.05, 4.69) is 77.0 Å². The number of amides is 1. The topological polar surface area (TPSA) is 232 Å². The summed E-state index contributed by atoms with van der Waals surface area (Å²) in [5, 5.41) is 11.9. The maximum Gasteiger partial charge on any atom is 0.337 e. The first kappa shape index (κ1) is 55.2. The van der Waals surface area contributed by atoms with E-state index in [0.29, 0.717) is 12.4 Å². The number of carbonyl (C=O) groups excluding carboxylic acids is 1. The summed E-state index contributed by atoms with van der Waals surface area (Å²) in [7, 11) is 11.0. The van der Waals surface area contributed by atoms with E-state index in [1.807, 2.05) is 31.3 Å². The first-order chi connectivity index (χ1) is 36.3. The Hall–Kier alpha value is -8.54. The van der Waals surface area contributed by atoms with Gasteiger partial charge in [0.05, 0.1) is 67.4 Å². The fourth-order valence-electron chi connectivity index (χ4n) is 8.38. The number of aromatic nitrogens is 7. The molecule has 4 aromatic heterocycles. The number of nitrogens with two attached hydrogens (primary N) is 1. The molecule has 0 unspecified atom stereocenters. The van der Waals surface area contributed by atoms with E-state index in [4.69, 9.17) is 24.7 Å². The van der Waals surface area contributed by atoms with E-state index >= 15 is 8.78 Å². The molecule has 76 heavy (non-hydrogen) atoms. The van der Waals surface area contributed by atoms with E-state index < -0.39 is 46.3 Å². The maximum absolute atomic E-state index is 15.1. The fraction of sp³-hybridized carbons (Fsp3) is 0.283. The first-order valence-corrected chi connectivity index (χ1v) is 23.4. The maximum atomic E-state index is 15.1. The number of halogens is 4. The smallest absolute Gasteiger partial charge is 0.337 e. The largest absolute Gasteiger partial charge is 0.494 e. The van der Waals surface area contributed by atoms with Crippen molar-refractivity contribution >= 4 is 45.7 Å². The molecule has 8 aromatic rings. The molecule has 0 spiro atoms. The number of methoxy groups -OCH3 is 4. The number of carboxylic acid groups (broad SMARTS) is 1. The Bertz CT molecular complexity index is 3340. The number of nitrogens with one attached hydrogen (secondary N) is 2. The fourth-order valence-corrected chi connectivity index (χ4v) is 8.38. The highest BCUT2D eigenvalue weighted by atomic mass is 19.1. The van der Waals surface area contributed by atoms with Gasteiger partial charge < -0.3 is 39.7 Å². The van der Waals surface area contributed by atoms with Crippen LogP contribution in [0.4, 0.5) is 29.3 Å². The van der Waals surface area contributed by atoms with E-state index in [1.54, 1.807) is 6.20 Å². The van der Waals surface area contributed by atoms with Crippen molar-refractivity contribution in [2.75, 3.05) is 80.3 Å². The molecule has 9 rings (SSSR count).